The highest BCUT2D eigenvalue weighted by Crippen LogP contribution is 2.28. The van der Waals surface area contributed by atoms with Gasteiger partial charge in [-0.05, 0) is 36.2 Å². The van der Waals surface area contributed by atoms with Gasteiger partial charge in [0.25, 0.3) is 11.7 Å². The molecule has 0 atom stereocenters. The fourth-order valence-electron chi connectivity index (χ4n) is 3.64. The van der Waals surface area contributed by atoms with E-state index in [1.807, 2.05) is 58.2 Å². The first-order chi connectivity index (χ1) is 16.8. The number of carbonyl (C=O) groups excluding carboxylic acids is 1. The van der Waals surface area contributed by atoms with Gasteiger partial charge >= 0.3 is 0 Å². The van der Waals surface area contributed by atoms with Crippen LogP contribution >= 0.6 is 12.4 Å². The summed E-state index contributed by atoms with van der Waals surface area (Å²) in [6.45, 7) is 8.18. The van der Waals surface area contributed by atoms with Gasteiger partial charge in [0, 0.05) is 41.7 Å². The van der Waals surface area contributed by atoms with Crippen molar-refractivity contribution >= 4 is 23.8 Å². The summed E-state index contributed by atoms with van der Waals surface area (Å²) < 4.78 is 6.98. The van der Waals surface area contributed by atoms with Gasteiger partial charge in [-0.15, -0.1) is 12.4 Å². The minimum atomic E-state index is -0.380. The van der Waals surface area contributed by atoms with Crippen LogP contribution in [0.25, 0.3) is 28.2 Å². The molecule has 5 rings (SSSR count). The third-order valence-corrected chi connectivity index (χ3v) is 5.56. The van der Waals surface area contributed by atoms with Crippen molar-refractivity contribution in [1.82, 2.24) is 40.0 Å². The Kier molecular flexibility index (Phi) is 6.80. The van der Waals surface area contributed by atoms with E-state index >= 15 is 0 Å². The Labute approximate surface area is 213 Å². The second-order valence-corrected chi connectivity index (χ2v) is 9.24. The molecule has 0 saturated heterocycles. The molecule has 4 heterocycles. The van der Waals surface area contributed by atoms with E-state index in [2.05, 4.69) is 35.5 Å². The van der Waals surface area contributed by atoms with E-state index in [-0.39, 0.29) is 29.6 Å². The maximum atomic E-state index is 12.5. The molecule has 0 saturated carbocycles. The Morgan fingerprint density at radius 3 is 2.56 bits per heavy atom. The monoisotopic (exact) mass is 504 g/mol. The summed E-state index contributed by atoms with van der Waals surface area (Å²) in [5.41, 5.74) is 5.11. The number of fused-ring (bicyclic) bond motifs is 1. The minimum absolute atomic E-state index is 0. The molecule has 0 fully saturated rings. The maximum Gasteiger partial charge on any atom is 0.292 e. The van der Waals surface area contributed by atoms with E-state index in [1.165, 1.54) is 6.33 Å². The summed E-state index contributed by atoms with van der Waals surface area (Å²) in [6, 6.07) is 9.76. The van der Waals surface area contributed by atoms with Crippen LogP contribution in [-0.4, -0.2) is 40.6 Å². The van der Waals surface area contributed by atoms with E-state index in [1.54, 1.807) is 23.0 Å². The highest BCUT2D eigenvalue weighted by Gasteiger charge is 2.24. The number of amides is 1. The van der Waals surface area contributed by atoms with Crippen molar-refractivity contribution in [2.75, 3.05) is 0 Å². The van der Waals surface area contributed by atoms with Gasteiger partial charge in [0.1, 0.15) is 6.33 Å². The van der Waals surface area contributed by atoms with Crippen LogP contribution in [0, 0.1) is 6.92 Å². The minimum Gasteiger partial charge on any atom is -0.345 e. The van der Waals surface area contributed by atoms with Gasteiger partial charge in [0.05, 0.1) is 11.2 Å². The lowest BCUT2D eigenvalue weighted by Crippen LogP contribution is -2.24. The molecule has 0 radical (unpaired) electrons. The van der Waals surface area contributed by atoms with Crippen LogP contribution in [0.2, 0.25) is 0 Å². The molecular weight excluding hydrogens is 480 g/mol. The Bertz CT molecular complexity index is 1520. The lowest BCUT2D eigenvalue weighted by Gasteiger charge is -2.10. The second kappa shape index (κ2) is 9.82. The molecule has 0 spiro atoms. The van der Waals surface area contributed by atoms with Crippen LogP contribution in [0.15, 0.2) is 59.8 Å². The quantitative estimate of drug-likeness (QED) is 0.377. The van der Waals surface area contributed by atoms with Crippen LogP contribution < -0.4 is 5.32 Å². The Balaban J connectivity index is 0.00000304. The smallest absolute Gasteiger partial charge is 0.292 e. The molecule has 1 N–H and O–H groups in total. The molecule has 36 heavy (non-hydrogen) atoms. The van der Waals surface area contributed by atoms with Crippen molar-refractivity contribution in [2.45, 2.75) is 39.7 Å². The van der Waals surface area contributed by atoms with Crippen molar-refractivity contribution in [3.63, 3.8) is 0 Å². The average molecular weight is 505 g/mol. The molecule has 1 amide bonds. The molecule has 0 aliphatic carbocycles. The summed E-state index contributed by atoms with van der Waals surface area (Å²) in [5.74, 6) is 0.697. The topological polar surface area (TPSA) is 124 Å². The van der Waals surface area contributed by atoms with Crippen LogP contribution in [0.1, 0.15) is 48.4 Å². The molecule has 0 bridgehead atoms. The molecule has 4 aromatic heterocycles. The highest BCUT2D eigenvalue weighted by atomic mass is 35.5. The van der Waals surface area contributed by atoms with Gasteiger partial charge in [-0.2, -0.15) is 10.1 Å². The number of nitrogens with one attached hydrogen (secondary N) is 1. The van der Waals surface area contributed by atoms with Crippen molar-refractivity contribution in [1.29, 1.82) is 0 Å². The average Bonchev–Trinajstić information content (AvgIpc) is 3.51. The first-order valence-corrected chi connectivity index (χ1v) is 11.1. The van der Waals surface area contributed by atoms with Crippen LogP contribution in [-0.2, 0) is 12.0 Å². The third-order valence-electron chi connectivity index (χ3n) is 5.56. The summed E-state index contributed by atoms with van der Waals surface area (Å²) in [5, 5.41) is 11.0. The van der Waals surface area contributed by atoms with Crippen LogP contribution in [0.4, 0.5) is 0 Å². The highest BCUT2D eigenvalue weighted by molar-refractivity contribution is 5.90. The lowest BCUT2D eigenvalue weighted by molar-refractivity contribution is 0.0937. The number of benzene rings is 1. The molecule has 11 heteroatoms. The van der Waals surface area contributed by atoms with Gasteiger partial charge in [-0.25, -0.2) is 19.5 Å². The molecule has 1 aromatic carbocycles. The Hall–Kier alpha value is -4.18. The largest absolute Gasteiger partial charge is 0.345 e. The van der Waals surface area contributed by atoms with E-state index in [0.29, 0.717) is 18.3 Å². The maximum absolute atomic E-state index is 12.5. The van der Waals surface area contributed by atoms with E-state index in [9.17, 15) is 4.79 Å². The molecule has 10 nitrogen and oxygen atoms in total. The van der Waals surface area contributed by atoms with Crippen LogP contribution in [0.5, 0.6) is 0 Å². The zero-order valence-electron chi connectivity index (χ0n) is 20.3. The van der Waals surface area contributed by atoms with E-state index < -0.39 is 0 Å². The van der Waals surface area contributed by atoms with Crippen molar-refractivity contribution in [2.24, 2.45) is 0 Å². The van der Waals surface area contributed by atoms with Crippen LogP contribution in [0.3, 0.4) is 0 Å². The lowest BCUT2D eigenvalue weighted by atomic mass is 9.97. The molecule has 0 unspecified atom stereocenters. The summed E-state index contributed by atoms with van der Waals surface area (Å²) in [4.78, 5) is 29.9. The fourth-order valence-corrected chi connectivity index (χ4v) is 3.64. The Morgan fingerprint density at radius 2 is 1.86 bits per heavy atom. The molecule has 0 aliphatic heterocycles. The number of halogens is 1. The number of nitrogens with zero attached hydrogens (tertiary/aromatic N) is 7. The number of carbonyl (C=O) groups is 1. The molecule has 184 valence electrons. The van der Waals surface area contributed by atoms with Crippen molar-refractivity contribution < 1.29 is 9.32 Å². The zero-order chi connectivity index (χ0) is 24.6. The normalized spacial score (nSPS) is 11.3. The number of rotatable bonds is 5. The standard InChI is InChI=1S/C25H24N8O2.ClH/c1-15-10-16(6-7-17(15)12-28-23(34)22-31-24(35-32-22)25(2,3)4)20-19-11-18(13-33(19)30-14-29-20)21-26-8-5-9-27-21;/h5-11,13-14H,12H2,1-4H3,(H,28,34);1H. The first kappa shape index (κ1) is 24.9. The van der Waals surface area contributed by atoms with Gasteiger partial charge < -0.3 is 9.84 Å². The number of aromatic nitrogens is 7. The van der Waals surface area contributed by atoms with Gasteiger partial charge in [-0.1, -0.05) is 38.1 Å². The SMILES string of the molecule is Cc1cc(-c2ncnn3cc(-c4ncccn4)cc23)ccc1CNC(=O)c1noc(C(C)(C)C)n1.Cl. The van der Waals surface area contributed by atoms with Gasteiger partial charge in [0.2, 0.25) is 5.89 Å². The molecule has 0 aliphatic rings. The first-order valence-electron chi connectivity index (χ1n) is 11.1. The predicted octanol–water partition coefficient (Wildman–Crippen LogP) is 4.19. The fraction of sp³-hybridized carbons (Fsp3) is 0.240. The Morgan fingerprint density at radius 1 is 1.08 bits per heavy atom. The molecular formula is C25H25ClN8O2. The summed E-state index contributed by atoms with van der Waals surface area (Å²) in [7, 11) is 0. The predicted molar refractivity (Wildman–Crippen MR) is 136 cm³/mol. The summed E-state index contributed by atoms with van der Waals surface area (Å²) >= 11 is 0. The third kappa shape index (κ3) is 4.94. The van der Waals surface area contributed by atoms with Crippen molar-refractivity contribution in [3.8, 4) is 22.6 Å². The van der Waals surface area contributed by atoms with Gasteiger partial charge in [0.15, 0.2) is 5.82 Å². The summed E-state index contributed by atoms with van der Waals surface area (Å²) in [6.07, 6.45) is 6.83. The number of aryl methyl sites for hydroxylation is 1. The number of hydrogen-bond donors (Lipinski definition) is 1. The number of hydrogen-bond acceptors (Lipinski definition) is 8. The van der Waals surface area contributed by atoms with E-state index in [4.69, 9.17) is 4.52 Å². The zero-order valence-corrected chi connectivity index (χ0v) is 21.1. The van der Waals surface area contributed by atoms with Gasteiger partial charge in [-0.3, -0.25) is 4.79 Å². The molecule has 5 aromatic rings. The van der Waals surface area contributed by atoms with E-state index in [0.717, 1.165) is 33.5 Å². The van der Waals surface area contributed by atoms with Crippen molar-refractivity contribution in [3.05, 3.63) is 78.1 Å². The second-order valence-electron chi connectivity index (χ2n) is 9.24.